The zero-order valence-corrected chi connectivity index (χ0v) is 17.7. The number of H-pyrrole nitrogens is 1. The highest BCUT2D eigenvalue weighted by Gasteiger charge is 2.20. The van der Waals surface area contributed by atoms with Gasteiger partial charge in [-0.2, -0.15) is 0 Å². The van der Waals surface area contributed by atoms with Crippen LogP contribution in [0.15, 0.2) is 53.7 Å². The quantitative estimate of drug-likeness (QED) is 0.439. The summed E-state index contributed by atoms with van der Waals surface area (Å²) in [6.45, 7) is 2.69. The molecule has 2 aromatic carbocycles. The van der Waals surface area contributed by atoms with Gasteiger partial charge >= 0.3 is 0 Å². The molecule has 0 amide bonds. The van der Waals surface area contributed by atoms with E-state index in [-0.39, 0.29) is 4.90 Å². The van der Waals surface area contributed by atoms with Crippen LogP contribution in [0.5, 0.6) is 0 Å². The Morgan fingerprint density at radius 2 is 1.90 bits per heavy atom. The van der Waals surface area contributed by atoms with E-state index in [2.05, 4.69) is 29.9 Å². The summed E-state index contributed by atoms with van der Waals surface area (Å²) in [7, 11) is -2.20. The molecule has 0 saturated carbocycles. The van der Waals surface area contributed by atoms with E-state index in [1.165, 1.54) is 13.4 Å². The fourth-order valence-electron chi connectivity index (χ4n) is 3.88. The molecule has 1 aliphatic heterocycles. The molecule has 3 N–H and O–H groups in total. The number of fused-ring (bicyclic) bond motifs is 3. The Balaban J connectivity index is 1.66. The molecule has 5 rings (SSSR count). The minimum atomic E-state index is -3.60. The maximum absolute atomic E-state index is 12.4. The summed E-state index contributed by atoms with van der Waals surface area (Å²) in [5.41, 5.74) is 3.22. The van der Waals surface area contributed by atoms with Gasteiger partial charge in [0.15, 0.2) is 0 Å². The van der Waals surface area contributed by atoms with Crippen molar-refractivity contribution in [1.82, 2.24) is 19.7 Å². The Morgan fingerprint density at radius 1 is 1.10 bits per heavy atom. The topological polar surface area (TPSA) is 112 Å². The van der Waals surface area contributed by atoms with Crippen LogP contribution >= 0.6 is 0 Å². The van der Waals surface area contributed by atoms with Gasteiger partial charge in [0.25, 0.3) is 0 Å². The van der Waals surface area contributed by atoms with Crippen LogP contribution in [0.25, 0.3) is 21.9 Å². The first-order chi connectivity index (χ1) is 15.1. The van der Waals surface area contributed by atoms with E-state index >= 15 is 0 Å². The molecule has 2 aromatic heterocycles. The third kappa shape index (κ3) is 3.58. The van der Waals surface area contributed by atoms with Crippen LogP contribution in [0.2, 0.25) is 0 Å². The first-order valence-electron chi connectivity index (χ1n) is 9.95. The van der Waals surface area contributed by atoms with E-state index < -0.39 is 10.0 Å². The number of aromatic nitrogens is 3. The lowest BCUT2D eigenvalue weighted by Crippen LogP contribution is -2.36. The molecular formula is C21H22N6O3S. The van der Waals surface area contributed by atoms with Gasteiger partial charge in [-0.25, -0.2) is 23.1 Å². The Labute approximate surface area is 179 Å². The summed E-state index contributed by atoms with van der Waals surface area (Å²) in [4.78, 5) is 14.5. The summed E-state index contributed by atoms with van der Waals surface area (Å²) >= 11 is 0. The lowest BCUT2D eigenvalue weighted by Gasteiger charge is -2.31. The second-order valence-corrected chi connectivity index (χ2v) is 9.11. The maximum Gasteiger partial charge on any atom is 0.240 e. The number of sulfonamides is 1. The Morgan fingerprint density at radius 3 is 2.71 bits per heavy atom. The molecule has 31 heavy (non-hydrogen) atoms. The van der Waals surface area contributed by atoms with Gasteiger partial charge in [0, 0.05) is 24.0 Å². The normalized spacial score (nSPS) is 14.9. The van der Waals surface area contributed by atoms with Crippen molar-refractivity contribution in [3.05, 3.63) is 48.8 Å². The zero-order valence-electron chi connectivity index (χ0n) is 16.9. The van der Waals surface area contributed by atoms with Gasteiger partial charge in [0.05, 0.1) is 34.9 Å². The van der Waals surface area contributed by atoms with Crippen LogP contribution in [0, 0.1) is 0 Å². The molecule has 3 heterocycles. The number of rotatable bonds is 5. The number of aromatic amines is 1. The van der Waals surface area contributed by atoms with Gasteiger partial charge < -0.3 is 19.9 Å². The summed E-state index contributed by atoms with van der Waals surface area (Å²) in [5, 5.41) is 5.23. The molecule has 0 aliphatic carbocycles. The van der Waals surface area contributed by atoms with Gasteiger partial charge in [-0.1, -0.05) is 18.2 Å². The lowest BCUT2D eigenvalue weighted by molar-refractivity contribution is 0.123. The highest BCUT2D eigenvalue weighted by Crippen LogP contribution is 2.35. The standard InChI is InChI=1S/C21H22N6O3S/c1-22-31(28,29)14-6-7-18(27-8-10-30-11-9-27)17(12-14)26-21-19-15-4-2-3-5-16(15)25-20(19)23-13-24-21/h2-7,12-13,22H,8-11H2,1H3,(H2,23,24,25,26). The van der Waals surface area contributed by atoms with Crippen molar-refractivity contribution >= 4 is 49.2 Å². The SMILES string of the molecule is CNS(=O)(=O)c1ccc(N2CCOCC2)c(Nc2ncnc3[nH]c4ccccc4c23)c1. The van der Waals surface area contributed by atoms with Crippen molar-refractivity contribution in [3.63, 3.8) is 0 Å². The summed E-state index contributed by atoms with van der Waals surface area (Å²) < 4.78 is 32.7. The highest BCUT2D eigenvalue weighted by atomic mass is 32.2. The summed E-state index contributed by atoms with van der Waals surface area (Å²) in [5.74, 6) is 0.607. The predicted molar refractivity (Wildman–Crippen MR) is 120 cm³/mol. The van der Waals surface area contributed by atoms with Crippen LogP contribution < -0.4 is 14.9 Å². The van der Waals surface area contributed by atoms with Crippen molar-refractivity contribution in [3.8, 4) is 0 Å². The molecule has 1 saturated heterocycles. The molecule has 0 radical (unpaired) electrons. The number of hydrogen-bond acceptors (Lipinski definition) is 7. The third-order valence-electron chi connectivity index (χ3n) is 5.45. The number of morpholine rings is 1. The monoisotopic (exact) mass is 438 g/mol. The van der Waals surface area contributed by atoms with Crippen molar-refractivity contribution in [2.45, 2.75) is 4.90 Å². The van der Waals surface area contributed by atoms with Crippen molar-refractivity contribution < 1.29 is 13.2 Å². The number of benzene rings is 2. The molecule has 160 valence electrons. The van der Waals surface area contributed by atoms with Crippen LogP contribution in [0.4, 0.5) is 17.2 Å². The highest BCUT2D eigenvalue weighted by molar-refractivity contribution is 7.89. The second-order valence-electron chi connectivity index (χ2n) is 7.23. The number of nitrogens with zero attached hydrogens (tertiary/aromatic N) is 3. The number of nitrogens with one attached hydrogen (secondary N) is 3. The summed E-state index contributed by atoms with van der Waals surface area (Å²) in [6.07, 6.45) is 1.49. The van der Waals surface area contributed by atoms with Crippen LogP contribution in [-0.4, -0.2) is 56.7 Å². The van der Waals surface area contributed by atoms with Crippen LogP contribution in [0.3, 0.4) is 0 Å². The third-order valence-corrected chi connectivity index (χ3v) is 6.86. The van der Waals surface area contributed by atoms with Gasteiger partial charge in [-0.05, 0) is 31.3 Å². The lowest BCUT2D eigenvalue weighted by atomic mass is 10.2. The average molecular weight is 439 g/mol. The number of hydrogen-bond donors (Lipinski definition) is 3. The molecule has 0 unspecified atom stereocenters. The van der Waals surface area contributed by atoms with Crippen molar-refractivity contribution in [2.24, 2.45) is 0 Å². The first kappa shape index (κ1) is 19.7. The molecule has 10 heteroatoms. The maximum atomic E-state index is 12.4. The predicted octanol–water partition coefficient (Wildman–Crippen LogP) is 2.60. The van der Waals surface area contributed by atoms with E-state index in [1.807, 2.05) is 30.3 Å². The molecule has 0 atom stereocenters. The molecule has 0 spiro atoms. The Bertz CT molecular complexity index is 1360. The fraction of sp³-hybridized carbons (Fsp3) is 0.238. The van der Waals surface area contributed by atoms with Gasteiger partial charge in [-0.15, -0.1) is 0 Å². The Hall–Kier alpha value is -3.21. The van der Waals surface area contributed by atoms with Gasteiger partial charge in [-0.3, -0.25) is 0 Å². The Kier molecular flexibility index (Phi) is 4.97. The van der Waals surface area contributed by atoms with E-state index in [9.17, 15) is 8.42 Å². The minimum absolute atomic E-state index is 0.179. The van der Waals surface area contributed by atoms with Crippen molar-refractivity contribution in [1.29, 1.82) is 0 Å². The zero-order chi connectivity index (χ0) is 21.4. The van der Waals surface area contributed by atoms with Gasteiger partial charge in [0.2, 0.25) is 10.0 Å². The van der Waals surface area contributed by atoms with Crippen LogP contribution in [0.1, 0.15) is 0 Å². The number of ether oxygens (including phenoxy) is 1. The number of anilines is 3. The van der Waals surface area contributed by atoms with E-state index in [4.69, 9.17) is 4.74 Å². The molecule has 4 aromatic rings. The average Bonchev–Trinajstić information content (AvgIpc) is 3.19. The molecular weight excluding hydrogens is 416 g/mol. The van der Waals surface area contributed by atoms with E-state index in [0.29, 0.717) is 30.4 Å². The first-order valence-corrected chi connectivity index (χ1v) is 11.4. The number of para-hydroxylation sites is 1. The molecule has 9 nitrogen and oxygen atoms in total. The molecule has 1 aliphatic rings. The van der Waals surface area contributed by atoms with E-state index in [0.717, 1.165) is 35.1 Å². The largest absolute Gasteiger partial charge is 0.378 e. The minimum Gasteiger partial charge on any atom is -0.378 e. The molecule has 0 bridgehead atoms. The van der Waals surface area contributed by atoms with Crippen LogP contribution in [-0.2, 0) is 14.8 Å². The fourth-order valence-corrected chi connectivity index (χ4v) is 4.63. The second kappa shape index (κ2) is 7.80. The smallest absolute Gasteiger partial charge is 0.240 e. The van der Waals surface area contributed by atoms with E-state index in [1.54, 1.807) is 12.1 Å². The summed E-state index contributed by atoms with van der Waals surface area (Å²) in [6, 6.07) is 13.0. The van der Waals surface area contributed by atoms with Crippen molar-refractivity contribution in [2.75, 3.05) is 43.6 Å². The molecule has 1 fully saturated rings. The van der Waals surface area contributed by atoms with Gasteiger partial charge in [0.1, 0.15) is 17.8 Å².